The van der Waals surface area contributed by atoms with Crippen LogP contribution in [-0.2, 0) is 16.6 Å². The van der Waals surface area contributed by atoms with Crippen molar-refractivity contribution >= 4 is 0 Å². The zero-order chi connectivity index (χ0) is 15.0. The van der Waals surface area contributed by atoms with Crippen molar-refractivity contribution in [3.05, 3.63) is 35.4 Å². The number of hydrogen-bond donors (Lipinski definition) is 1. The van der Waals surface area contributed by atoms with Crippen molar-refractivity contribution in [3.63, 3.8) is 0 Å². The van der Waals surface area contributed by atoms with Gasteiger partial charge in [-0.2, -0.15) is 0 Å². The Labute approximate surface area is 124 Å². The predicted molar refractivity (Wildman–Crippen MR) is 87.4 cm³/mol. The smallest absolute Gasteiger partial charge is 0.0462 e. The van der Waals surface area contributed by atoms with E-state index in [4.69, 9.17) is 4.74 Å². The lowest BCUT2D eigenvalue weighted by molar-refractivity contribution is 0.188. The van der Waals surface area contributed by atoms with E-state index in [1.54, 1.807) is 7.11 Å². The molecule has 0 bridgehead atoms. The van der Waals surface area contributed by atoms with Crippen LogP contribution >= 0.6 is 0 Å². The van der Waals surface area contributed by atoms with Gasteiger partial charge in [0.15, 0.2) is 0 Å². The summed E-state index contributed by atoms with van der Waals surface area (Å²) in [6, 6.07) is 9.65. The van der Waals surface area contributed by atoms with E-state index in [0.29, 0.717) is 6.04 Å². The van der Waals surface area contributed by atoms with E-state index in [9.17, 15) is 0 Å². The topological polar surface area (TPSA) is 21.3 Å². The maximum absolute atomic E-state index is 5.15. The van der Waals surface area contributed by atoms with Crippen molar-refractivity contribution in [3.8, 4) is 0 Å². The SMILES string of the molecule is CCNC(CCCOC)Cc1ccc(C(C)(C)C)cc1. The summed E-state index contributed by atoms with van der Waals surface area (Å²) in [4.78, 5) is 0. The normalized spacial score (nSPS) is 13.4. The van der Waals surface area contributed by atoms with Gasteiger partial charge in [0, 0.05) is 19.8 Å². The Morgan fingerprint density at radius 1 is 1.15 bits per heavy atom. The fourth-order valence-corrected chi connectivity index (χ4v) is 2.46. The maximum atomic E-state index is 5.15. The van der Waals surface area contributed by atoms with Crippen LogP contribution in [0.2, 0.25) is 0 Å². The second-order valence-corrected chi connectivity index (χ2v) is 6.54. The maximum Gasteiger partial charge on any atom is 0.0462 e. The van der Waals surface area contributed by atoms with Gasteiger partial charge < -0.3 is 10.1 Å². The first kappa shape index (κ1) is 17.2. The van der Waals surface area contributed by atoms with Crippen LogP contribution in [0.3, 0.4) is 0 Å². The Bertz CT molecular complexity index is 364. The monoisotopic (exact) mass is 277 g/mol. The standard InChI is InChI=1S/C18H31NO/c1-6-19-17(8-7-13-20-5)14-15-9-11-16(12-10-15)18(2,3)4/h9-12,17,19H,6-8,13-14H2,1-5H3. The van der Waals surface area contributed by atoms with Crippen LogP contribution in [-0.4, -0.2) is 26.3 Å². The van der Waals surface area contributed by atoms with E-state index in [1.807, 2.05) is 0 Å². The molecule has 1 aromatic carbocycles. The lowest BCUT2D eigenvalue weighted by Gasteiger charge is -2.21. The van der Waals surface area contributed by atoms with E-state index in [0.717, 1.165) is 26.0 Å². The third-order valence-corrected chi connectivity index (χ3v) is 3.70. The third kappa shape index (κ3) is 6.06. The van der Waals surface area contributed by atoms with Gasteiger partial charge in [0.05, 0.1) is 0 Å². The second kappa shape index (κ2) is 8.43. The minimum atomic E-state index is 0.234. The molecule has 0 spiro atoms. The molecule has 1 unspecified atom stereocenters. The molecule has 0 saturated carbocycles. The average molecular weight is 277 g/mol. The summed E-state index contributed by atoms with van der Waals surface area (Å²) in [7, 11) is 1.77. The molecule has 1 atom stereocenters. The second-order valence-electron chi connectivity index (χ2n) is 6.54. The van der Waals surface area contributed by atoms with Gasteiger partial charge in [-0.15, -0.1) is 0 Å². The van der Waals surface area contributed by atoms with Crippen molar-refractivity contribution in [1.82, 2.24) is 5.32 Å². The Hall–Kier alpha value is -0.860. The molecule has 0 aliphatic heterocycles. The van der Waals surface area contributed by atoms with Gasteiger partial charge in [-0.25, -0.2) is 0 Å². The molecular weight excluding hydrogens is 246 g/mol. The lowest BCUT2D eigenvalue weighted by Crippen LogP contribution is -2.31. The van der Waals surface area contributed by atoms with Gasteiger partial charge in [-0.05, 0) is 42.3 Å². The molecule has 20 heavy (non-hydrogen) atoms. The van der Waals surface area contributed by atoms with E-state index < -0.39 is 0 Å². The molecule has 114 valence electrons. The summed E-state index contributed by atoms with van der Waals surface area (Å²) in [6.07, 6.45) is 3.39. The molecule has 1 rings (SSSR count). The highest BCUT2D eigenvalue weighted by Gasteiger charge is 2.14. The predicted octanol–water partition coefficient (Wildman–Crippen LogP) is 3.93. The van der Waals surface area contributed by atoms with Crippen LogP contribution in [0.4, 0.5) is 0 Å². The van der Waals surface area contributed by atoms with Crippen LogP contribution < -0.4 is 5.32 Å². The van der Waals surface area contributed by atoms with Gasteiger partial charge in [0.1, 0.15) is 0 Å². The van der Waals surface area contributed by atoms with Crippen LogP contribution in [0.5, 0.6) is 0 Å². The molecule has 0 aliphatic carbocycles. The summed E-state index contributed by atoms with van der Waals surface area (Å²) in [6.45, 7) is 10.8. The molecule has 1 N–H and O–H groups in total. The van der Waals surface area contributed by atoms with E-state index >= 15 is 0 Å². The molecule has 1 aromatic rings. The van der Waals surface area contributed by atoms with Gasteiger partial charge in [-0.3, -0.25) is 0 Å². The Morgan fingerprint density at radius 3 is 2.30 bits per heavy atom. The Balaban J connectivity index is 2.59. The summed E-state index contributed by atoms with van der Waals surface area (Å²) in [5.41, 5.74) is 3.06. The van der Waals surface area contributed by atoms with Crippen molar-refractivity contribution < 1.29 is 4.74 Å². The van der Waals surface area contributed by atoms with Crippen molar-refractivity contribution in [2.24, 2.45) is 0 Å². The van der Waals surface area contributed by atoms with Crippen molar-refractivity contribution in [2.45, 2.75) is 58.4 Å². The first-order valence-electron chi connectivity index (χ1n) is 7.79. The number of rotatable bonds is 8. The fourth-order valence-electron chi connectivity index (χ4n) is 2.46. The lowest BCUT2D eigenvalue weighted by atomic mass is 9.86. The van der Waals surface area contributed by atoms with Crippen LogP contribution in [0.1, 0.15) is 51.7 Å². The fraction of sp³-hybridized carbons (Fsp3) is 0.667. The molecule has 0 amide bonds. The van der Waals surface area contributed by atoms with Crippen LogP contribution in [0.15, 0.2) is 24.3 Å². The van der Waals surface area contributed by atoms with Crippen molar-refractivity contribution in [2.75, 3.05) is 20.3 Å². The highest BCUT2D eigenvalue weighted by atomic mass is 16.5. The number of methoxy groups -OCH3 is 1. The minimum Gasteiger partial charge on any atom is -0.385 e. The molecule has 2 heteroatoms. The third-order valence-electron chi connectivity index (χ3n) is 3.70. The number of likely N-dealkylation sites (N-methyl/N-ethyl adjacent to an activating group) is 1. The highest BCUT2D eigenvalue weighted by molar-refractivity contribution is 5.28. The van der Waals surface area contributed by atoms with Gasteiger partial charge >= 0.3 is 0 Å². The van der Waals surface area contributed by atoms with E-state index in [-0.39, 0.29) is 5.41 Å². The molecule has 0 saturated heterocycles. The van der Waals surface area contributed by atoms with Gasteiger partial charge in [0.2, 0.25) is 0 Å². The largest absolute Gasteiger partial charge is 0.385 e. The minimum absolute atomic E-state index is 0.234. The van der Waals surface area contributed by atoms with E-state index in [2.05, 4.69) is 57.3 Å². The van der Waals surface area contributed by atoms with E-state index in [1.165, 1.54) is 17.5 Å². The molecule has 0 aliphatic rings. The summed E-state index contributed by atoms with van der Waals surface area (Å²) in [5, 5.41) is 3.58. The molecule has 0 aromatic heterocycles. The molecule has 0 heterocycles. The molecule has 2 nitrogen and oxygen atoms in total. The number of hydrogen-bond acceptors (Lipinski definition) is 2. The summed E-state index contributed by atoms with van der Waals surface area (Å²) < 4.78 is 5.15. The molecule has 0 fully saturated rings. The summed E-state index contributed by atoms with van der Waals surface area (Å²) >= 11 is 0. The first-order valence-corrected chi connectivity index (χ1v) is 7.79. The van der Waals surface area contributed by atoms with Crippen LogP contribution in [0, 0.1) is 0 Å². The number of benzene rings is 1. The quantitative estimate of drug-likeness (QED) is 0.727. The van der Waals surface area contributed by atoms with Crippen molar-refractivity contribution in [1.29, 1.82) is 0 Å². The molecule has 0 radical (unpaired) electrons. The number of nitrogens with one attached hydrogen (secondary N) is 1. The highest BCUT2D eigenvalue weighted by Crippen LogP contribution is 2.22. The molecular formula is C18H31NO. The average Bonchev–Trinajstić information content (AvgIpc) is 2.39. The Morgan fingerprint density at radius 2 is 1.80 bits per heavy atom. The van der Waals surface area contributed by atoms with Crippen LogP contribution in [0.25, 0.3) is 0 Å². The zero-order valence-electron chi connectivity index (χ0n) is 13.8. The van der Waals surface area contributed by atoms with Gasteiger partial charge in [0.25, 0.3) is 0 Å². The zero-order valence-corrected chi connectivity index (χ0v) is 13.8. The van der Waals surface area contributed by atoms with Gasteiger partial charge in [-0.1, -0.05) is 52.0 Å². The number of ether oxygens (including phenoxy) is 1. The summed E-state index contributed by atoms with van der Waals surface area (Å²) in [5.74, 6) is 0. The Kier molecular flexibility index (Phi) is 7.25. The first-order chi connectivity index (χ1) is 9.47.